The van der Waals surface area contributed by atoms with Gasteiger partial charge in [0, 0.05) is 31.5 Å². The summed E-state index contributed by atoms with van der Waals surface area (Å²) in [6, 6.07) is 11.1. The normalized spacial score (nSPS) is 10.8. The van der Waals surface area contributed by atoms with Crippen LogP contribution in [0.15, 0.2) is 42.6 Å². The molecule has 0 spiro atoms. The van der Waals surface area contributed by atoms with Crippen LogP contribution in [0.4, 0.5) is 0 Å². The molecule has 0 saturated carbocycles. The minimum absolute atomic E-state index is 0.202. The molecule has 2 amide bonds. The van der Waals surface area contributed by atoms with Crippen molar-refractivity contribution in [1.82, 2.24) is 4.90 Å². The van der Waals surface area contributed by atoms with E-state index in [0.29, 0.717) is 23.9 Å². The predicted octanol–water partition coefficient (Wildman–Crippen LogP) is 6.65. The molecule has 0 saturated heterocycles. The topological polar surface area (TPSA) is 69.0 Å². The van der Waals surface area contributed by atoms with Crippen molar-refractivity contribution in [1.29, 1.82) is 0 Å². The third-order valence-electron chi connectivity index (χ3n) is 6.75. The van der Waals surface area contributed by atoms with Crippen molar-refractivity contribution >= 4 is 11.8 Å². The van der Waals surface area contributed by atoms with Gasteiger partial charge >= 0.3 is 0 Å². The van der Waals surface area contributed by atoms with Gasteiger partial charge in [-0.05, 0) is 18.6 Å². The smallest absolute Gasteiger partial charge is 0.267 e. The number of amides is 2. The third kappa shape index (κ3) is 12.1. The zero-order valence-electron chi connectivity index (χ0n) is 24.6. The lowest BCUT2D eigenvalue weighted by Crippen LogP contribution is -2.44. The van der Waals surface area contributed by atoms with Crippen LogP contribution >= 0.6 is 0 Å². The highest BCUT2D eigenvalue weighted by molar-refractivity contribution is 5.94. The fourth-order valence-corrected chi connectivity index (χ4v) is 4.50. The summed E-state index contributed by atoms with van der Waals surface area (Å²) < 4.78 is 19.2. The van der Waals surface area contributed by atoms with Crippen LogP contribution in [0.1, 0.15) is 97.1 Å². The van der Waals surface area contributed by atoms with Crippen molar-refractivity contribution in [3.63, 3.8) is 0 Å². The second-order valence-corrected chi connectivity index (χ2v) is 10.0. The zero-order chi connectivity index (χ0) is 28.3. The third-order valence-corrected chi connectivity index (χ3v) is 6.75. The number of benzene rings is 1. The maximum atomic E-state index is 12.9. The SMILES string of the molecule is CCCCCCCCCCCCOc1ccc(OCC(=O)N(Cc2cccc[n+]2CCC)C(C)=O)cc1OC. The summed E-state index contributed by atoms with van der Waals surface area (Å²) in [6.45, 7) is 7.15. The molecule has 1 aromatic heterocycles. The molecule has 1 heterocycles. The van der Waals surface area contributed by atoms with Crippen molar-refractivity contribution in [2.45, 2.75) is 104 Å². The van der Waals surface area contributed by atoms with Crippen LogP contribution in [0.2, 0.25) is 0 Å². The van der Waals surface area contributed by atoms with Crippen LogP contribution in [-0.2, 0) is 22.7 Å². The number of hydrogen-bond acceptors (Lipinski definition) is 5. The molecule has 2 rings (SSSR count). The molecule has 0 fully saturated rings. The van der Waals surface area contributed by atoms with E-state index in [9.17, 15) is 9.59 Å². The highest BCUT2D eigenvalue weighted by atomic mass is 16.5. The van der Waals surface area contributed by atoms with E-state index in [1.165, 1.54) is 63.2 Å². The maximum Gasteiger partial charge on any atom is 0.267 e. The fourth-order valence-electron chi connectivity index (χ4n) is 4.50. The summed E-state index contributed by atoms with van der Waals surface area (Å²) >= 11 is 0. The lowest BCUT2D eigenvalue weighted by atomic mass is 10.1. The van der Waals surface area contributed by atoms with Gasteiger partial charge in [0.1, 0.15) is 18.8 Å². The molecule has 0 aliphatic carbocycles. The van der Waals surface area contributed by atoms with Gasteiger partial charge in [-0.15, -0.1) is 0 Å². The Morgan fingerprint density at radius 1 is 0.821 bits per heavy atom. The summed E-state index contributed by atoms with van der Waals surface area (Å²) in [6.07, 6.45) is 15.7. The summed E-state index contributed by atoms with van der Waals surface area (Å²) in [5.41, 5.74) is 0.897. The summed E-state index contributed by atoms with van der Waals surface area (Å²) in [5.74, 6) is 0.983. The molecule has 0 bridgehead atoms. The van der Waals surface area contributed by atoms with E-state index in [0.717, 1.165) is 31.5 Å². The van der Waals surface area contributed by atoms with Crippen LogP contribution in [0.5, 0.6) is 17.2 Å². The maximum absolute atomic E-state index is 12.9. The average Bonchev–Trinajstić information content (AvgIpc) is 2.94. The number of carbonyl (C=O) groups is 2. The van der Waals surface area contributed by atoms with Crippen molar-refractivity contribution in [3.8, 4) is 17.2 Å². The average molecular weight is 542 g/mol. The van der Waals surface area contributed by atoms with Crippen LogP contribution in [0.3, 0.4) is 0 Å². The van der Waals surface area contributed by atoms with E-state index in [-0.39, 0.29) is 19.1 Å². The number of ether oxygens (including phenoxy) is 3. The van der Waals surface area contributed by atoms with Crippen LogP contribution in [0, 0.1) is 0 Å². The quantitative estimate of drug-likeness (QED) is 0.139. The molecule has 0 radical (unpaired) electrons. The second kappa shape index (κ2) is 19.0. The Labute approximate surface area is 235 Å². The van der Waals surface area contributed by atoms with Gasteiger partial charge in [0.25, 0.3) is 5.91 Å². The van der Waals surface area contributed by atoms with Crippen LogP contribution in [0.25, 0.3) is 0 Å². The predicted molar refractivity (Wildman–Crippen MR) is 154 cm³/mol. The minimum Gasteiger partial charge on any atom is -0.493 e. The van der Waals surface area contributed by atoms with E-state index in [1.807, 2.05) is 24.4 Å². The first kappa shape index (κ1) is 32.1. The molecule has 0 aliphatic rings. The minimum atomic E-state index is -0.394. The molecule has 39 heavy (non-hydrogen) atoms. The monoisotopic (exact) mass is 541 g/mol. The molecule has 0 atom stereocenters. The largest absolute Gasteiger partial charge is 0.493 e. The Bertz CT molecular complexity index is 994. The molecule has 7 nitrogen and oxygen atoms in total. The zero-order valence-corrected chi connectivity index (χ0v) is 24.6. The number of unbranched alkanes of at least 4 members (excludes halogenated alkanes) is 9. The number of carbonyl (C=O) groups excluding carboxylic acids is 2. The first-order valence-corrected chi connectivity index (χ1v) is 14.7. The Morgan fingerprint density at radius 2 is 1.51 bits per heavy atom. The molecule has 216 valence electrons. The van der Waals surface area contributed by atoms with E-state index in [4.69, 9.17) is 14.2 Å². The van der Waals surface area contributed by atoms with Gasteiger partial charge in [-0.1, -0.05) is 77.7 Å². The van der Waals surface area contributed by atoms with Crippen molar-refractivity contribution < 1.29 is 28.4 Å². The standard InChI is InChI=1S/C32H49N2O5/c1-5-7-8-9-10-11-12-13-14-17-23-38-30-20-19-29(24-31(30)37-4)39-26-32(36)34(27(3)35)25-28-18-15-16-22-33(28)21-6-2/h15-16,18-20,22,24H,5-14,17,21,23,25-26H2,1-4H3/q+1. The van der Waals surface area contributed by atoms with Gasteiger partial charge in [0.05, 0.1) is 13.7 Å². The Balaban J connectivity index is 1.79. The van der Waals surface area contributed by atoms with Gasteiger partial charge in [-0.2, -0.15) is 0 Å². The van der Waals surface area contributed by atoms with Crippen molar-refractivity contribution in [2.24, 2.45) is 0 Å². The lowest BCUT2D eigenvalue weighted by molar-refractivity contribution is -0.704. The van der Waals surface area contributed by atoms with Crippen LogP contribution in [-0.4, -0.2) is 37.0 Å². The van der Waals surface area contributed by atoms with Gasteiger partial charge in [0.15, 0.2) is 24.3 Å². The van der Waals surface area contributed by atoms with E-state index in [2.05, 4.69) is 18.4 Å². The van der Waals surface area contributed by atoms with Gasteiger partial charge < -0.3 is 14.2 Å². The molecular weight excluding hydrogens is 492 g/mol. The highest BCUT2D eigenvalue weighted by Gasteiger charge is 2.23. The van der Waals surface area contributed by atoms with E-state index in [1.54, 1.807) is 25.3 Å². The number of imide groups is 1. The number of aryl methyl sites for hydroxylation is 1. The fraction of sp³-hybridized carbons (Fsp3) is 0.594. The Kier molecular flexibility index (Phi) is 15.7. The van der Waals surface area contributed by atoms with E-state index < -0.39 is 5.91 Å². The molecular formula is C32H49N2O5+. The van der Waals surface area contributed by atoms with E-state index >= 15 is 0 Å². The Hall–Kier alpha value is -3.09. The van der Waals surface area contributed by atoms with Gasteiger partial charge in [0.2, 0.25) is 11.6 Å². The van der Waals surface area contributed by atoms with Crippen molar-refractivity contribution in [3.05, 3.63) is 48.3 Å². The number of aromatic nitrogens is 1. The van der Waals surface area contributed by atoms with Crippen LogP contribution < -0.4 is 18.8 Å². The number of nitrogens with zero attached hydrogens (tertiary/aromatic N) is 2. The molecule has 0 aliphatic heterocycles. The van der Waals surface area contributed by atoms with Gasteiger partial charge in [-0.25, -0.2) is 4.57 Å². The molecule has 1 aromatic carbocycles. The van der Waals surface area contributed by atoms with Gasteiger partial charge in [-0.3, -0.25) is 14.5 Å². The number of methoxy groups -OCH3 is 1. The lowest BCUT2D eigenvalue weighted by Gasteiger charge is -2.19. The second-order valence-electron chi connectivity index (χ2n) is 10.0. The molecule has 2 aromatic rings. The molecule has 0 unspecified atom stereocenters. The summed E-state index contributed by atoms with van der Waals surface area (Å²) in [5, 5.41) is 0. The van der Waals surface area contributed by atoms with Crippen molar-refractivity contribution in [2.75, 3.05) is 20.3 Å². The first-order chi connectivity index (χ1) is 19.0. The number of rotatable bonds is 20. The molecule has 0 N–H and O–H groups in total. The highest BCUT2D eigenvalue weighted by Crippen LogP contribution is 2.31. The number of pyridine rings is 1. The number of hydrogen-bond donors (Lipinski definition) is 0. The molecule has 7 heteroatoms. The Morgan fingerprint density at radius 3 is 2.15 bits per heavy atom. The first-order valence-electron chi connectivity index (χ1n) is 14.7. The summed E-state index contributed by atoms with van der Waals surface area (Å²) in [7, 11) is 1.58. The summed E-state index contributed by atoms with van der Waals surface area (Å²) in [4.78, 5) is 26.4.